The van der Waals surface area contributed by atoms with Crippen LogP contribution in [0.25, 0.3) is 0 Å². The zero-order chi connectivity index (χ0) is 13.7. The van der Waals surface area contributed by atoms with Crippen molar-refractivity contribution in [1.82, 2.24) is 10.4 Å². The van der Waals surface area contributed by atoms with Crippen molar-refractivity contribution in [3.63, 3.8) is 0 Å². The maximum Gasteiger partial charge on any atom is 0.120 e. The van der Waals surface area contributed by atoms with E-state index in [-0.39, 0.29) is 12.1 Å². The van der Waals surface area contributed by atoms with E-state index in [1.807, 2.05) is 56.3 Å². The van der Waals surface area contributed by atoms with Crippen molar-refractivity contribution in [2.75, 3.05) is 0 Å². The summed E-state index contributed by atoms with van der Waals surface area (Å²) in [5.74, 6) is 6.49. The lowest BCUT2D eigenvalue weighted by atomic mass is 10.0. The van der Waals surface area contributed by atoms with Crippen LogP contribution in [0.5, 0.6) is 5.75 Å². The van der Waals surface area contributed by atoms with Gasteiger partial charge in [-0.25, -0.2) is 5.43 Å². The monoisotopic (exact) mass is 257 g/mol. The zero-order valence-corrected chi connectivity index (χ0v) is 11.2. The number of hydrogen-bond donors (Lipinski definition) is 2. The molecule has 2 aromatic rings. The van der Waals surface area contributed by atoms with Crippen LogP contribution in [0.4, 0.5) is 0 Å². The molecule has 0 aliphatic carbocycles. The number of nitrogens with zero attached hydrogens (tertiary/aromatic N) is 1. The van der Waals surface area contributed by atoms with Crippen molar-refractivity contribution >= 4 is 0 Å². The van der Waals surface area contributed by atoms with E-state index in [1.54, 1.807) is 6.20 Å². The number of pyridine rings is 1. The van der Waals surface area contributed by atoms with Gasteiger partial charge in [0.15, 0.2) is 0 Å². The SMILES string of the molecule is CC(C)Oc1cccc(C(NN)c2ccccn2)c1. The smallest absolute Gasteiger partial charge is 0.120 e. The van der Waals surface area contributed by atoms with Gasteiger partial charge in [-0.05, 0) is 43.7 Å². The van der Waals surface area contributed by atoms with Gasteiger partial charge in [-0.3, -0.25) is 10.8 Å². The molecule has 0 bridgehead atoms. The number of rotatable bonds is 5. The Kier molecular flexibility index (Phi) is 4.49. The number of nitrogens with one attached hydrogen (secondary N) is 1. The van der Waals surface area contributed by atoms with Gasteiger partial charge in [-0.15, -0.1) is 0 Å². The van der Waals surface area contributed by atoms with Crippen LogP contribution >= 0.6 is 0 Å². The molecule has 3 N–H and O–H groups in total. The highest BCUT2D eigenvalue weighted by atomic mass is 16.5. The number of aromatic nitrogens is 1. The quantitative estimate of drug-likeness (QED) is 0.638. The molecule has 19 heavy (non-hydrogen) atoms. The third-order valence-electron chi connectivity index (χ3n) is 2.71. The van der Waals surface area contributed by atoms with Crippen molar-refractivity contribution in [2.24, 2.45) is 5.84 Å². The predicted octanol–water partition coefficient (Wildman–Crippen LogP) is 2.42. The lowest BCUT2D eigenvalue weighted by molar-refractivity contribution is 0.242. The fraction of sp³-hybridized carbons (Fsp3) is 0.267. The number of ether oxygens (including phenoxy) is 1. The van der Waals surface area contributed by atoms with Crippen LogP contribution in [0.2, 0.25) is 0 Å². The molecule has 1 atom stereocenters. The fourth-order valence-electron chi connectivity index (χ4n) is 1.94. The average molecular weight is 257 g/mol. The van der Waals surface area contributed by atoms with Crippen LogP contribution in [0, 0.1) is 0 Å². The molecule has 1 aromatic carbocycles. The van der Waals surface area contributed by atoms with Gasteiger partial charge in [0.25, 0.3) is 0 Å². The maximum atomic E-state index is 5.70. The van der Waals surface area contributed by atoms with Crippen LogP contribution in [0.15, 0.2) is 48.7 Å². The summed E-state index contributed by atoms with van der Waals surface area (Å²) in [6.07, 6.45) is 1.91. The Hall–Kier alpha value is -1.91. The second kappa shape index (κ2) is 6.31. The highest BCUT2D eigenvalue weighted by molar-refractivity contribution is 5.34. The van der Waals surface area contributed by atoms with Crippen molar-refractivity contribution in [3.8, 4) is 5.75 Å². The number of nitrogens with two attached hydrogens (primary N) is 1. The van der Waals surface area contributed by atoms with Gasteiger partial charge in [0.2, 0.25) is 0 Å². The first kappa shape index (κ1) is 13.5. The molecule has 4 nitrogen and oxygen atoms in total. The summed E-state index contributed by atoms with van der Waals surface area (Å²) in [4.78, 5) is 4.33. The molecule has 0 aliphatic rings. The normalized spacial score (nSPS) is 12.4. The molecule has 4 heteroatoms. The standard InChI is InChI=1S/C15H19N3O/c1-11(2)19-13-7-5-6-12(10-13)15(18-16)14-8-3-4-9-17-14/h3-11,15,18H,16H2,1-2H3. The highest BCUT2D eigenvalue weighted by Crippen LogP contribution is 2.23. The minimum absolute atomic E-state index is 0.142. The molecule has 100 valence electrons. The van der Waals surface area contributed by atoms with Crippen LogP contribution in [-0.2, 0) is 0 Å². The van der Waals surface area contributed by atoms with Crippen LogP contribution < -0.4 is 16.0 Å². The molecule has 2 rings (SSSR count). The lowest BCUT2D eigenvalue weighted by Crippen LogP contribution is -2.29. The summed E-state index contributed by atoms with van der Waals surface area (Å²) in [5, 5.41) is 0. The summed E-state index contributed by atoms with van der Waals surface area (Å²) < 4.78 is 5.70. The molecule has 0 spiro atoms. The predicted molar refractivity (Wildman–Crippen MR) is 75.6 cm³/mol. The third-order valence-corrected chi connectivity index (χ3v) is 2.71. The maximum absolute atomic E-state index is 5.70. The van der Waals surface area contributed by atoms with E-state index in [0.29, 0.717) is 0 Å². The van der Waals surface area contributed by atoms with Gasteiger partial charge in [0, 0.05) is 6.20 Å². The summed E-state index contributed by atoms with van der Waals surface area (Å²) in [6.45, 7) is 4.01. The average Bonchev–Trinajstić information content (AvgIpc) is 2.40. The number of hydrazine groups is 1. The van der Waals surface area contributed by atoms with Gasteiger partial charge in [-0.2, -0.15) is 0 Å². The molecule has 0 fully saturated rings. The van der Waals surface area contributed by atoms with E-state index in [9.17, 15) is 0 Å². The first-order valence-corrected chi connectivity index (χ1v) is 6.34. The first-order valence-electron chi connectivity index (χ1n) is 6.34. The minimum Gasteiger partial charge on any atom is -0.491 e. The molecule has 0 saturated heterocycles. The van der Waals surface area contributed by atoms with Gasteiger partial charge < -0.3 is 4.74 Å². The van der Waals surface area contributed by atoms with Crippen LogP contribution in [0.1, 0.15) is 31.1 Å². The van der Waals surface area contributed by atoms with E-state index in [4.69, 9.17) is 10.6 Å². The molecular weight excluding hydrogens is 238 g/mol. The molecule has 0 saturated carbocycles. The van der Waals surface area contributed by atoms with Crippen molar-refractivity contribution in [1.29, 1.82) is 0 Å². The number of benzene rings is 1. The van der Waals surface area contributed by atoms with Crippen LogP contribution in [0.3, 0.4) is 0 Å². The van der Waals surface area contributed by atoms with Crippen molar-refractivity contribution in [2.45, 2.75) is 26.0 Å². The van der Waals surface area contributed by atoms with Gasteiger partial charge >= 0.3 is 0 Å². The van der Waals surface area contributed by atoms with Crippen molar-refractivity contribution in [3.05, 3.63) is 59.9 Å². The second-order valence-electron chi connectivity index (χ2n) is 4.59. The molecule has 0 radical (unpaired) electrons. The summed E-state index contributed by atoms with van der Waals surface area (Å²) in [6, 6.07) is 13.5. The molecule has 1 aromatic heterocycles. The molecule has 0 aliphatic heterocycles. The third kappa shape index (κ3) is 3.53. The van der Waals surface area contributed by atoms with E-state index < -0.39 is 0 Å². The Balaban J connectivity index is 2.28. The van der Waals surface area contributed by atoms with Gasteiger partial charge in [0.05, 0.1) is 17.8 Å². The molecular formula is C15H19N3O. The van der Waals surface area contributed by atoms with E-state index in [0.717, 1.165) is 17.0 Å². The van der Waals surface area contributed by atoms with Crippen LogP contribution in [-0.4, -0.2) is 11.1 Å². The van der Waals surface area contributed by atoms with E-state index >= 15 is 0 Å². The Morgan fingerprint density at radius 2 is 2.00 bits per heavy atom. The first-order chi connectivity index (χ1) is 9.20. The van der Waals surface area contributed by atoms with E-state index in [1.165, 1.54) is 0 Å². The highest BCUT2D eigenvalue weighted by Gasteiger charge is 2.14. The summed E-state index contributed by atoms with van der Waals surface area (Å²) >= 11 is 0. The fourth-order valence-corrected chi connectivity index (χ4v) is 1.94. The molecule has 1 heterocycles. The van der Waals surface area contributed by atoms with Gasteiger partial charge in [-0.1, -0.05) is 18.2 Å². The summed E-state index contributed by atoms with van der Waals surface area (Å²) in [7, 11) is 0. The Morgan fingerprint density at radius 3 is 2.63 bits per heavy atom. The molecule has 1 unspecified atom stereocenters. The lowest BCUT2D eigenvalue weighted by Gasteiger charge is -2.17. The Labute approximate surface area is 113 Å². The topological polar surface area (TPSA) is 60.2 Å². The summed E-state index contributed by atoms with van der Waals surface area (Å²) in [5.41, 5.74) is 4.71. The Morgan fingerprint density at radius 1 is 1.16 bits per heavy atom. The Bertz CT molecular complexity index is 514. The number of hydrogen-bond acceptors (Lipinski definition) is 4. The van der Waals surface area contributed by atoms with Crippen molar-refractivity contribution < 1.29 is 4.74 Å². The molecule has 0 amide bonds. The second-order valence-corrected chi connectivity index (χ2v) is 4.59. The largest absolute Gasteiger partial charge is 0.491 e. The minimum atomic E-state index is -0.142. The van der Waals surface area contributed by atoms with Gasteiger partial charge in [0.1, 0.15) is 5.75 Å². The van der Waals surface area contributed by atoms with E-state index in [2.05, 4.69) is 10.4 Å². The zero-order valence-electron chi connectivity index (χ0n) is 11.2.